The topological polar surface area (TPSA) is 51.9 Å². The van der Waals surface area contributed by atoms with Gasteiger partial charge < -0.3 is 18.8 Å². The molecule has 0 fully saturated rings. The quantitative estimate of drug-likeness (QED) is 0.325. The Morgan fingerprint density at radius 3 is 2.53 bits per heavy atom. The normalized spacial score (nSPS) is 13.1. The summed E-state index contributed by atoms with van der Waals surface area (Å²) in [6, 6.07) is 19.5. The smallest absolute Gasteiger partial charge is 0.228 e. The van der Waals surface area contributed by atoms with Crippen molar-refractivity contribution < 1.29 is 18.7 Å². The SMILES string of the molecule is Cc1ccc(C(=O)c2oc3cc4c(cc3c2-c2ccc(OCCN(C)C)cc2)CCCO4)cc1. The van der Waals surface area contributed by atoms with Crippen LogP contribution >= 0.6 is 0 Å². The maximum Gasteiger partial charge on any atom is 0.228 e. The average molecular weight is 456 g/mol. The van der Waals surface area contributed by atoms with E-state index in [9.17, 15) is 4.79 Å². The van der Waals surface area contributed by atoms with Gasteiger partial charge in [0.1, 0.15) is 23.7 Å². The molecule has 0 radical (unpaired) electrons. The van der Waals surface area contributed by atoms with E-state index in [2.05, 4.69) is 11.0 Å². The monoisotopic (exact) mass is 455 g/mol. The average Bonchev–Trinajstić information content (AvgIpc) is 3.21. The first-order valence-corrected chi connectivity index (χ1v) is 11.7. The highest BCUT2D eigenvalue weighted by molar-refractivity contribution is 6.15. The molecule has 1 aromatic heterocycles. The molecule has 0 bridgehead atoms. The number of aryl methyl sites for hydroxylation is 2. The maximum absolute atomic E-state index is 13.6. The van der Waals surface area contributed by atoms with Crippen molar-refractivity contribution in [3.05, 3.63) is 83.1 Å². The second kappa shape index (κ2) is 9.35. The molecule has 0 atom stereocenters. The van der Waals surface area contributed by atoms with E-state index >= 15 is 0 Å². The van der Waals surface area contributed by atoms with Crippen molar-refractivity contribution in [2.24, 2.45) is 0 Å². The van der Waals surface area contributed by atoms with Gasteiger partial charge in [-0.05, 0) is 63.2 Å². The third kappa shape index (κ3) is 4.44. The van der Waals surface area contributed by atoms with E-state index in [0.29, 0.717) is 30.1 Å². The van der Waals surface area contributed by atoms with Crippen molar-refractivity contribution in [2.45, 2.75) is 19.8 Å². The summed E-state index contributed by atoms with van der Waals surface area (Å²) in [7, 11) is 4.04. The van der Waals surface area contributed by atoms with Crippen molar-refractivity contribution in [3.8, 4) is 22.6 Å². The van der Waals surface area contributed by atoms with E-state index in [-0.39, 0.29) is 5.78 Å². The number of carbonyl (C=O) groups excluding carboxylic acids is 1. The van der Waals surface area contributed by atoms with Crippen LogP contribution in [0.15, 0.2) is 65.1 Å². The molecule has 1 aliphatic rings. The van der Waals surface area contributed by atoms with Crippen LogP contribution in [0.5, 0.6) is 11.5 Å². The minimum absolute atomic E-state index is 0.128. The number of nitrogens with zero attached hydrogens (tertiary/aromatic N) is 1. The summed E-state index contributed by atoms with van der Waals surface area (Å²) in [6.07, 6.45) is 1.94. The molecule has 34 heavy (non-hydrogen) atoms. The van der Waals surface area contributed by atoms with Gasteiger partial charge in [-0.3, -0.25) is 4.79 Å². The highest BCUT2D eigenvalue weighted by Crippen LogP contribution is 2.40. The van der Waals surface area contributed by atoms with Gasteiger partial charge in [-0.2, -0.15) is 0 Å². The van der Waals surface area contributed by atoms with E-state index in [1.165, 1.54) is 0 Å². The highest BCUT2D eigenvalue weighted by Gasteiger charge is 2.25. The van der Waals surface area contributed by atoms with Crippen LogP contribution in [0.3, 0.4) is 0 Å². The molecule has 5 nitrogen and oxygen atoms in total. The van der Waals surface area contributed by atoms with Gasteiger partial charge in [0.25, 0.3) is 0 Å². The first-order chi connectivity index (χ1) is 16.5. The molecule has 0 saturated heterocycles. The van der Waals surface area contributed by atoms with Crippen LogP contribution in [0.25, 0.3) is 22.1 Å². The van der Waals surface area contributed by atoms with Crippen LogP contribution < -0.4 is 9.47 Å². The van der Waals surface area contributed by atoms with Crippen LogP contribution in [0.4, 0.5) is 0 Å². The zero-order chi connectivity index (χ0) is 23.7. The number of ether oxygens (including phenoxy) is 2. The number of rotatable bonds is 7. The summed E-state index contributed by atoms with van der Waals surface area (Å²) in [5.41, 5.74) is 5.27. The van der Waals surface area contributed by atoms with Gasteiger partial charge in [-0.25, -0.2) is 0 Å². The van der Waals surface area contributed by atoms with Gasteiger partial charge in [-0.15, -0.1) is 0 Å². The van der Waals surface area contributed by atoms with Gasteiger partial charge >= 0.3 is 0 Å². The van der Waals surface area contributed by atoms with Gasteiger partial charge in [0, 0.05) is 29.1 Å². The number of carbonyl (C=O) groups is 1. The standard InChI is InChI=1S/C29H29NO4/c1-19-6-8-21(9-7-19)28(31)29-27(20-10-12-23(13-11-20)32-16-14-30(2)3)24-17-22-5-4-15-33-25(22)18-26(24)34-29/h6-13,17-18H,4-5,14-16H2,1-3H3. The molecule has 5 heteroatoms. The number of hydrogen-bond donors (Lipinski definition) is 0. The Kier molecular flexibility index (Phi) is 6.12. The lowest BCUT2D eigenvalue weighted by atomic mass is 9.95. The largest absolute Gasteiger partial charge is 0.493 e. The number of hydrogen-bond acceptors (Lipinski definition) is 5. The Balaban J connectivity index is 1.58. The van der Waals surface area contributed by atoms with E-state index in [1.807, 2.05) is 75.6 Å². The molecule has 1 aliphatic heterocycles. The molecule has 0 aliphatic carbocycles. The minimum Gasteiger partial charge on any atom is -0.493 e. The molecule has 2 heterocycles. The first-order valence-electron chi connectivity index (χ1n) is 11.7. The van der Waals surface area contributed by atoms with Crippen molar-refractivity contribution in [3.63, 3.8) is 0 Å². The number of furan rings is 1. The van der Waals surface area contributed by atoms with Crippen molar-refractivity contribution in [1.29, 1.82) is 0 Å². The summed E-state index contributed by atoms with van der Waals surface area (Å²) in [4.78, 5) is 15.6. The third-order valence-corrected chi connectivity index (χ3v) is 6.19. The molecule has 174 valence electrons. The van der Waals surface area contributed by atoms with Crippen LogP contribution in [-0.2, 0) is 6.42 Å². The van der Waals surface area contributed by atoms with Gasteiger partial charge in [0.05, 0.1) is 6.61 Å². The first kappa shape index (κ1) is 22.2. The fourth-order valence-corrected chi connectivity index (χ4v) is 4.29. The van der Waals surface area contributed by atoms with E-state index in [4.69, 9.17) is 13.9 Å². The van der Waals surface area contributed by atoms with Crippen LogP contribution in [0.2, 0.25) is 0 Å². The predicted molar refractivity (Wildman–Crippen MR) is 134 cm³/mol. The lowest BCUT2D eigenvalue weighted by Crippen LogP contribution is -2.19. The Labute approximate surface area is 199 Å². The molecule has 0 amide bonds. The molecule has 5 rings (SSSR count). The molecule has 0 spiro atoms. The Morgan fingerprint density at radius 1 is 1.03 bits per heavy atom. The molecular formula is C29H29NO4. The van der Waals surface area contributed by atoms with Crippen LogP contribution in [0.1, 0.15) is 33.7 Å². The molecule has 3 aromatic carbocycles. The summed E-state index contributed by atoms with van der Waals surface area (Å²) in [5.74, 6) is 1.87. The Bertz CT molecular complexity index is 1320. The maximum atomic E-state index is 13.6. The number of fused-ring (bicyclic) bond motifs is 2. The van der Waals surface area contributed by atoms with Gasteiger partial charge in [0.15, 0.2) is 5.76 Å². The number of benzene rings is 3. The third-order valence-electron chi connectivity index (χ3n) is 6.19. The van der Waals surface area contributed by atoms with Crippen LogP contribution in [-0.4, -0.2) is 44.5 Å². The van der Waals surface area contributed by atoms with Crippen molar-refractivity contribution >= 4 is 16.8 Å². The fourth-order valence-electron chi connectivity index (χ4n) is 4.29. The Hall–Kier alpha value is -3.57. The molecule has 0 unspecified atom stereocenters. The van der Waals surface area contributed by atoms with Gasteiger partial charge in [-0.1, -0.05) is 42.0 Å². The van der Waals surface area contributed by atoms with Crippen molar-refractivity contribution in [2.75, 3.05) is 33.9 Å². The highest BCUT2D eigenvalue weighted by atomic mass is 16.5. The van der Waals surface area contributed by atoms with Gasteiger partial charge in [0.2, 0.25) is 5.78 Å². The minimum atomic E-state index is -0.128. The Morgan fingerprint density at radius 2 is 1.79 bits per heavy atom. The number of ketones is 1. The zero-order valence-corrected chi connectivity index (χ0v) is 19.9. The summed E-state index contributed by atoms with van der Waals surface area (Å²) < 4.78 is 17.9. The second-order valence-electron chi connectivity index (χ2n) is 9.09. The van der Waals surface area contributed by atoms with E-state index in [0.717, 1.165) is 58.5 Å². The lowest BCUT2D eigenvalue weighted by molar-refractivity contribution is 0.101. The van der Waals surface area contributed by atoms with E-state index < -0.39 is 0 Å². The molecular weight excluding hydrogens is 426 g/mol. The summed E-state index contributed by atoms with van der Waals surface area (Å²) in [5, 5.41) is 0.931. The summed E-state index contributed by atoms with van der Waals surface area (Å²) >= 11 is 0. The van der Waals surface area contributed by atoms with Crippen LogP contribution in [0, 0.1) is 6.92 Å². The summed E-state index contributed by atoms with van der Waals surface area (Å²) in [6.45, 7) is 4.17. The number of likely N-dealkylation sites (N-methyl/N-ethyl adjacent to an activating group) is 1. The molecule has 0 saturated carbocycles. The molecule has 0 N–H and O–H groups in total. The lowest BCUT2D eigenvalue weighted by Gasteiger charge is -2.16. The predicted octanol–water partition coefficient (Wildman–Crippen LogP) is 5.90. The van der Waals surface area contributed by atoms with E-state index in [1.54, 1.807) is 0 Å². The zero-order valence-electron chi connectivity index (χ0n) is 19.9. The molecule has 4 aromatic rings. The van der Waals surface area contributed by atoms with Crippen molar-refractivity contribution in [1.82, 2.24) is 4.90 Å². The fraction of sp³-hybridized carbons (Fsp3) is 0.276. The second-order valence-corrected chi connectivity index (χ2v) is 9.09.